The second-order valence-electron chi connectivity index (χ2n) is 10.9. The van der Waals surface area contributed by atoms with Crippen molar-refractivity contribution in [3.8, 4) is 11.4 Å². The lowest BCUT2D eigenvalue weighted by atomic mass is 9.79. The monoisotopic (exact) mass is 518 g/mol. The molecule has 194 valence electrons. The molecule has 3 aromatic rings. The van der Waals surface area contributed by atoms with Crippen molar-refractivity contribution in [1.82, 2.24) is 19.4 Å². The van der Waals surface area contributed by atoms with E-state index in [2.05, 4.69) is 55.7 Å². The third kappa shape index (κ3) is 4.60. The normalized spacial score (nSPS) is 22.7. The Labute approximate surface area is 223 Å². The molecule has 0 spiro atoms. The lowest BCUT2D eigenvalue weighted by Crippen LogP contribution is -2.44. The van der Waals surface area contributed by atoms with Crippen LogP contribution in [0.5, 0.6) is 0 Å². The smallest absolute Gasteiger partial charge is 0.222 e. The zero-order valence-corrected chi connectivity index (χ0v) is 22.0. The minimum Gasteiger partial charge on any atom is -0.393 e. The first-order valence-corrected chi connectivity index (χ1v) is 14.0. The van der Waals surface area contributed by atoms with Crippen LogP contribution in [0.15, 0.2) is 60.9 Å². The zero-order valence-electron chi connectivity index (χ0n) is 21.2. The maximum absolute atomic E-state index is 13.5. The Hall–Kier alpha value is -2.67. The van der Waals surface area contributed by atoms with Gasteiger partial charge in [0, 0.05) is 62.1 Å². The van der Waals surface area contributed by atoms with Gasteiger partial charge in [0.25, 0.3) is 0 Å². The Balaban J connectivity index is 1.17. The topological polar surface area (TPSA) is 61.6 Å². The molecule has 0 aliphatic carbocycles. The van der Waals surface area contributed by atoms with E-state index in [1.807, 2.05) is 24.5 Å². The summed E-state index contributed by atoms with van der Waals surface area (Å²) >= 11 is 6.26. The predicted molar refractivity (Wildman–Crippen MR) is 146 cm³/mol. The van der Waals surface area contributed by atoms with E-state index in [1.54, 1.807) is 0 Å². The molecule has 0 saturated carbocycles. The van der Waals surface area contributed by atoms with E-state index in [-0.39, 0.29) is 12.0 Å². The van der Waals surface area contributed by atoms with Gasteiger partial charge in [-0.05, 0) is 61.3 Å². The number of aromatic nitrogens is 2. The average Bonchev–Trinajstić information content (AvgIpc) is 3.51. The Kier molecular flexibility index (Phi) is 6.82. The van der Waals surface area contributed by atoms with Gasteiger partial charge in [-0.1, -0.05) is 48.0 Å². The summed E-state index contributed by atoms with van der Waals surface area (Å²) in [6.07, 6.45) is 8.79. The fourth-order valence-electron chi connectivity index (χ4n) is 6.68. The molecular weight excluding hydrogens is 484 g/mol. The molecule has 1 atom stereocenters. The van der Waals surface area contributed by atoms with Crippen molar-refractivity contribution >= 4 is 17.5 Å². The molecule has 1 amide bonds. The number of carbonyl (C=O) groups is 1. The van der Waals surface area contributed by atoms with Crippen LogP contribution in [0.4, 0.5) is 0 Å². The maximum Gasteiger partial charge on any atom is 0.222 e. The summed E-state index contributed by atoms with van der Waals surface area (Å²) in [5.41, 5.74) is 2.96. The fourth-order valence-corrected chi connectivity index (χ4v) is 6.80. The van der Waals surface area contributed by atoms with Gasteiger partial charge in [-0.2, -0.15) is 0 Å². The maximum atomic E-state index is 13.5. The number of hydrogen-bond donors (Lipinski definition) is 1. The molecule has 0 radical (unpaired) electrons. The van der Waals surface area contributed by atoms with Gasteiger partial charge < -0.3 is 19.5 Å². The molecular formula is C30H35ClN4O2. The predicted octanol–water partition coefficient (Wildman–Crippen LogP) is 4.78. The van der Waals surface area contributed by atoms with Gasteiger partial charge in [0.15, 0.2) is 0 Å². The molecule has 6 nitrogen and oxygen atoms in total. The van der Waals surface area contributed by atoms with Gasteiger partial charge in [0.1, 0.15) is 5.82 Å². The minimum absolute atomic E-state index is 0.128. The molecule has 37 heavy (non-hydrogen) atoms. The SMILES string of the molecule is O=C(CCC1(c2ccc(Cl)cc2)c2ccccc2-c2nccn21)N1CCC(CN2CCC(O)CC2)CC1. The quantitative estimate of drug-likeness (QED) is 0.510. The number of nitrogens with zero attached hydrogens (tertiary/aromatic N) is 4. The highest BCUT2D eigenvalue weighted by Gasteiger charge is 2.45. The largest absolute Gasteiger partial charge is 0.393 e. The van der Waals surface area contributed by atoms with Gasteiger partial charge in [0.05, 0.1) is 11.6 Å². The molecule has 2 saturated heterocycles. The number of fused-ring (bicyclic) bond motifs is 3. The van der Waals surface area contributed by atoms with Crippen molar-refractivity contribution in [2.45, 2.75) is 50.2 Å². The van der Waals surface area contributed by atoms with Gasteiger partial charge in [-0.15, -0.1) is 0 Å². The summed E-state index contributed by atoms with van der Waals surface area (Å²) in [7, 11) is 0. The molecule has 4 heterocycles. The Morgan fingerprint density at radius 3 is 2.49 bits per heavy atom. The number of carbonyl (C=O) groups excluding carboxylic acids is 1. The van der Waals surface area contributed by atoms with Crippen molar-refractivity contribution in [3.05, 3.63) is 77.1 Å². The minimum atomic E-state index is -0.486. The second kappa shape index (κ2) is 10.2. The van der Waals surface area contributed by atoms with Crippen molar-refractivity contribution in [2.24, 2.45) is 5.92 Å². The molecule has 1 unspecified atom stereocenters. The summed E-state index contributed by atoms with van der Waals surface area (Å²) in [6.45, 7) is 4.74. The second-order valence-corrected chi connectivity index (χ2v) is 11.3. The number of piperidine rings is 2. The number of hydrogen-bond acceptors (Lipinski definition) is 4. The van der Waals surface area contributed by atoms with Crippen LogP contribution in [0, 0.1) is 5.92 Å². The van der Waals surface area contributed by atoms with E-state index in [0.29, 0.717) is 23.8 Å². The van der Waals surface area contributed by atoms with Crippen LogP contribution in [-0.4, -0.2) is 69.2 Å². The summed E-state index contributed by atoms with van der Waals surface area (Å²) in [6, 6.07) is 16.5. The third-order valence-corrected chi connectivity index (χ3v) is 8.98. The summed E-state index contributed by atoms with van der Waals surface area (Å²) < 4.78 is 2.25. The van der Waals surface area contributed by atoms with Crippen LogP contribution in [0.2, 0.25) is 5.02 Å². The first-order valence-electron chi connectivity index (χ1n) is 13.6. The lowest BCUT2D eigenvalue weighted by molar-refractivity contribution is -0.133. The zero-order chi connectivity index (χ0) is 25.4. The van der Waals surface area contributed by atoms with E-state index in [4.69, 9.17) is 11.6 Å². The van der Waals surface area contributed by atoms with Crippen LogP contribution in [-0.2, 0) is 10.3 Å². The van der Waals surface area contributed by atoms with E-state index in [9.17, 15) is 9.90 Å². The van der Waals surface area contributed by atoms with Crippen LogP contribution in [0.25, 0.3) is 11.4 Å². The summed E-state index contributed by atoms with van der Waals surface area (Å²) in [5, 5.41) is 10.5. The van der Waals surface area contributed by atoms with Gasteiger partial charge >= 0.3 is 0 Å². The van der Waals surface area contributed by atoms with E-state index >= 15 is 0 Å². The molecule has 2 fully saturated rings. The Morgan fingerprint density at radius 2 is 1.73 bits per heavy atom. The molecule has 6 rings (SSSR count). The molecule has 3 aliphatic heterocycles. The van der Waals surface area contributed by atoms with Gasteiger partial charge in [-0.25, -0.2) is 4.98 Å². The van der Waals surface area contributed by atoms with E-state index in [0.717, 1.165) is 75.4 Å². The van der Waals surface area contributed by atoms with Crippen molar-refractivity contribution in [1.29, 1.82) is 0 Å². The fraction of sp³-hybridized carbons (Fsp3) is 0.467. The molecule has 2 aromatic carbocycles. The Bertz CT molecular complexity index is 1240. The van der Waals surface area contributed by atoms with Crippen LogP contribution in [0.3, 0.4) is 0 Å². The van der Waals surface area contributed by atoms with Crippen molar-refractivity contribution in [3.63, 3.8) is 0 Å². The number of likely N-dealkylation sites (tertiary alicyclic amines) is 2. The molecule has 1 aromatic heterocycles. The first kappa shape index (κ1) is 24.7. The van der Waals surface area contributed by atoms with Crippen molar-refractivity contribution < 1.29 is 9.90 Å². The van der Waals surface area contributed by atoms with Gasteiger partial charge in [-0.3, -0.25) is 4.79 Å². The van der Waals surface area contributed by atoms with E-state index < -0.39 is 5.54 Å². The molecule has 3 aliphatic rings. The summed E-state index contributed by atoms with van der Waals surface area (Å²) in [4.78, 5) is 22.8. The highest BCUT2D eigenvalue weighted by molar-refractivity contribution is 6.30. The Morgan fingerprint density at radius 1 is 1.00 bits per heavy atom. The number of amides is 1. The number of imidazole rings is 1. The number of aliphatic hydroxyl groups excluding tert-OH is 1. The number of benzene rings is 2. The van der Waals surface area contributed by atoms with Gasteiger partial charge in [0.2, 0.25) is 5.91 Å². The van der Waals surface area contributed by atoms with Crippen molar-refractivity contribution in [2.75, 3.05) is 32.7 Å². The lowest BCUT2D eigenvalue weighted by Gasteiger charge is -2.38. The van der Waals surface area contributed by atoms with Crippen LogP contribution >= 0.6 is 11.6 Å². The number of aliphatic hydroxyl groups is 1. The van der Waals surface area contributed by atoms with Crippen LogP contribution < -0.4 is 0 Å². The highest BCUT2D eigenvalue weighted by Crippen LogP contribution is 2.49. The standard InChI is InChI=1S/C30H35ClN4O2/c31-24-7-5-23(6-8-24)30(27-4-2-1-3-26(27)29-32-15-20-35(29)30)14-9-28(37)34-18-10-22(11-19-34)21-33-16-12-25(36)13-17-33/h1-8,15,20,22,25,36H,9-14,16-19,21H2. The summed E-state index contributed by atoms with van der Waals surface area (Å²) in [5.74, 6) is 1.82. The first-order chi connectivity index (χ1) is 18.0. The molecule has 0 bridgehead atoms. The number of rotatable bonds is 6. The average molecular weight is 519 g/mol. The van der Waals surface area contributed by atoms with Crippen LogP contribution in [0.1, 0.15) is 49.7 Å². The number of halogens is 1. The molecule has 7 heteroatoms. The van der Waals surface area contributed by atoms with E-state index in [1.165, 1.54) is 5.56 Å². The third-order valence-electron chi connectivity index (χ3n) is 8.73. The highest BCUT2D eigenvalue weighted by atomic mass is 35.5. The molecule has 1 N–H and O–H groups in total.